The van der Waals surface area contributed by atoms with Gasteiger partial charge >= 0.3 is 0 Å². The summed E-state index contributed by atoms with van der Waals surface area (Å²) in [6.07, 6.45) is 10.1. The number of amides is 2. The molecule has 0 radical (unpaired) electrons. The third kappa shape index (κ3) is 4.93. The summed E-state index contributed by atoms with van der Waals surface area (Å²) in [6.45, 7) is 10.7. The number of unbranched alkanes of at least 4 members (excludes halogenated alkanes) is 1. The molecule has 1 fully saturated rings. The Labute approximate surface area is 179 Å². The van der Waals surface area contributed by atoms with Gasteiger partial charge in [-0.1, -0.05) is 25.0 Å². The monoisotopic (exact) mass is 410 g/mol. The predicted octanol–water partition coefficient (Wildman–Crippen LogP) is 3.50. The van der Waals surface area contributed by atoms with E-state index in [4.69, 9.17) is 0 Å². The normalized spacial score (nSPS) is 19.4. The van der Waals surface area contributed by atoms with E-state index in [9.17, 15) is 9.59 Å². The molecule has 1 aliphatic carbocycles. The summed E-state index contributed by atoms with van der Waals surface area (Å²) in [5, 5.41) is 9.38. The summed E-state index contributed by atoms with van der Waals surface area (Å²) in [7, 11) is 0. The van der Waals surface area contributed by atoms with E-state index in [0.717, 1.165) is 54.2 Å². The van der Waals surface area contributed by atoms with Crippen LogP contribution in [-0.2, 0) is 4.79 Å². The van der Waals surface area contributed by atoms with Gasteiger partial charge in [0, 0.05) is 35.1 Å². The topological polar surface area (TPSA) is 86.0 Å². The number of allylic oxidation sites excluding steroid dienone is 4. The summed E-state index contributed by atoms with van der Waals surface area (Å²) in [5.41, 5.74) is 6.19. The number of aromatic nitrogens is 1. The molecule has 1 aliphatic heterocycles. The quantitative estimate of drug-likeness (QED) is 0.371. The van der Waals surface area contributed by atoms with Gasteiger partial charge in [-0.15, -0.1) is 0 Å². The van der Waals surface area contributed by atoms with Gasteiger partial charge in [-0.25, -0.2) is 0 Å². The number of H-pyrrole nitrogens is 1. The second-order valence-corrected chi connectivity index (χ2v) is 8.32. The third-order valence-electron chi connectivity index (χ3n) is 5.87. The van der Waals surface area contributed by atoms with Gasteiger partial charge in [0.15, 0.2) is 0 Å². The standard InChI is InChI=1S/C24H34N4O2/c1-5-6-10-25-11-7-12-26-24(30)22-16(3)21(27-17(22)4)14-19-18-13-15(2)8-9-20(18)28-23(19)29/h8-9,14,18,25,27H,5-7,10-13H2,1-4H3,(H,26,30)(H,28,29)/b19-14-. The lowest BCUT2D eigenvalue weighted by Gasteiger charge is -2.16. The minimum absolute atomic E-state index is 0.0532. The highest BCUT2D eigenvalue weighted by molar-refractivity contribution is 6.04. The average molecular weight is 411 g/mol. The molecular weight excluding hydrogens is 376 g/mol. The molecule has 6 heteroatoms. The highest BCUT2D eigenvalue weighted by Gasteiger charge is 2.34. The molecule has 2 heterocycles. The second-order valence-electron chi connectivity index (χ2n) is 8.32. The molecule has 2 amide bonds. The third-order valence-corrected chi connectivity index (χ3v) is 5.87. The van der Waals surface area contributed by atoms with Crippen molar-refractivity contribution in [3.63, 3.8) is 0 Å². The summed E-state index contributed by atoms with van der Waals surface area (Å²) >= 11 is 0. The summed E-state index contributed by atoms with van der Waals surface area (Å²) in [5.74, 6) is -0.0436. The van der Waals surface area contributed by atoms with Gasteiger partial charge in [0.25, 0.3) is 11.8 Å². The number of hydrogen-bond acceptors (Lipinski definition) is 3. The van der Waals surface area contributed by atoms with Gasteiger partial charge in [-0.2, -0.15) is 0 Å². The van der Waals surface area contributed by atoms with Crippen LogP contribution in [0.4, 0.5) is 0 Å². The molecular formula is C24H34N4O2. The molecule has 1 unspecified atom stereocenters. The van der Waals surface area contributed by atoms with Crippen molar-refractivity contribution in [2.24, 2.45) is 5.92 Å². The Hall–Kier alpha value is -2.60. The molecule has 4 N–H and O–H groups in total. The molecule has 0 spiro atoms. The van der Waals surface area contributed by atoms with Crippen molar-refractivity contribution in [1.82, 2.24) is 20.9 Å². The first kappa shape index (κ1) is 22.1. The Balaban J connectivity index is 1.66. The van der Waals surface area contributed by atoms with E-state index >= 15 is 0 Å². The van der Waals surface area contributed by atoms with Crippen molar-refractivity contribution in [2.75, 3.05) is 19.6 Å². The molecule has 1 aromatic rings. The number of fused-ring (bicyclic) bond motifs is 1. The highest BCUT2D eigenvalue weighted by Crippen LogP contribution is 2.36. The van der Waals surface area contributed by atoms with Crippen molar-refractivity contribution < 1.29 is 9.59 Å². The summed E-state index contributed by atoms with van der Waals surface area (Å²) < 4.78 is 0. The number of nitrogens with one attached hydrogen (secondary N) is 4. The van der Waals surface area contributed by atoms with Crippen molar-refractivity contribution >= 4 is 17.9 Å². The maximum absolute atomic E-state index is 12.7. The number of carbonyl (C=O) groups excluding carboxylic acids is 2. The van der Waals surface area contributed by atoms with Crippen molar-refractivity contribution in [2.45, 2.75) is 53.4 Å². The molecule has 6 nitrogen and oxygen atoms in total. The number of aryl methyl sites for hydroxylation is 1. The second kappa shape index (κ2) is 9.94. The van der Waals surface area contributed by atoms with Crippen LogP contribution in [0.5, 0.6) is 0 Å². The van der Waals surface area contributed by atoms with E-state index in [1.54, 1.807) is 0 Å². The zero-order valence-electron chi connectivity index (χ0n) is 18.6. The summed E-state index contributed by atoms with van der Waals surface area (Å²) in [4.78, 5) is 28.6. The maximum atomic E-state index is 12.7. The number of carbonyl (C=O) groups is 2. The molecule has 162 valence electrons. The van der Waals surface area contributed by atoms with Gasteiger partial charge in [-0.3, -0.25) is 9.59 Å². The lowest BCUT2D eigenvalue weighted by molar-refractivity contribution is -0.115. The van der Waals surface area contributed by atoms with Crippen LogP contribution in [0.15, 0.2) is 29.0 Å². The van der Waals surface area contributed by atoms with E-state index in [2.05, 4.69) is 40.9 Å². The van der Waals surface area contributed by atoms with Gasteiger partial charge in [0.05, 0.1) is 5.56 Å². The van der Waals surface area contributed by atoms with E-state index < -0.39 is 0 Å². The Kier molecular flexibility index (Phi) is 7.32. The minimum Gasteiger partial charge on any atom is -0.358 e. The molecule has 1 aromatic heterocycles. The number of hydrogen-bond donors (Lipinski definition) is 4. The number of rotatable bonds is 9. The smallest absolute Gasteiger partial charge is 0.253 e. The largest absolute Gasteiger partial charge is 0.358 e. The lowest BCUT2D eigenvalue weighted by Crippen LogP contribution is -2.28. The van der Waals surface area contributed by atoms with Crippen LogP contribution < -0.4 is 16.0 Å². The van der Waals surface area contributed by atoms with Crippen molar-refractivity contribution in [3.05, 3.63) is 51.5 Å². The molecule has 1 saturated heterocycles. The van der Waals surface area contributed by atoms with Crippen molar-refractivity contribution in [3.8, 4) is 0 Å². The van der Waals surface area contributed by atoms with Crippen LogP contribution in [-0.4, -0.2) is 36.4 Å². The minimum atomic E-state index is -0.0626. The van der Waals surface area contributed by atoms with Crippen LogP contribution >= 0.6 is 0 Å². The van der Waals surface area contributed by atoms with Crippen LogP contribution in [0.25, 0.3) is 6.08 Å². The molecule has 0 aromatic carbocycles. The first-order chi connectivity index (χ1) is 14.4. The first-order valence-corrected chi connectivity index (χ1v) is 11.0. The molecule has 2 aliphatic rings. The Morgan fingerprint density at radius 2 is 1.93 bits per heavy atom. The zero-order valence-corrected chi connectivity index (χ0v) is 18.6. The van der Waals surface area contributed by atoms with Gasteiger partial charge < -0.3 is 20.9 Å². The van der Waals surface area contributed by atoms with Crippen LogP contribution in [0, 0.1) is 19.8 Å². The fourth-order valence-electron chi connectivity index (χ4n) is 4.13. The number of aromatic amines is 1. The maximum Gasteiger partial charge on any atom is 0.253 e. The highest BCUT2D eigenvalue weighted by atomic mass is 16.2. The van der Waals surface area contributed by atoms with E-state index in [1.807, 2.05) is 26.0 Å². The Bertz CT molecular complexity index is 905. The molecule has 0 bridgehead atoms. The lowest BCUT2D eigenvalue weighted by atomic mass is 9.88. The average Bonchev–Trinajstić information content (AvgIpc) is 3.16. The fourth-order valence-corrected chi connectivity index (χ4v) is 4.13. The van der Waals surface area contributed by atoms with Gasteiger partial charge in [-0.05, 0) is 70.8 Å². The molecule has 0 saturated carbocycles. The fraction of sp³-hybridized carbons (Fsp3) is 0.500. The molecule has 3 rings (SSSR count). The Morgan fingerprint density at radius 3 is 2.70 bits per heavy atom. The molecule has 1 atom stereocenters. The Morgan fingerprint density at radius 1 is 1.17 bits per heavy atom. The van der Waals surface area contributed by atoms with Crippen LogP contribution in [0.1, 0.15) is 66.8 Å². The van der Waals surface area contributed by atoms with Crippen LogP contribution in [0.3, 0.4) is 0 Å². The summed E-state index contributed by atoms with van der Waals surface area (Å²) in [6, 6.07) is 0. The SMILES string of the molecule is CCCCNCCCNC(=O)c1c(C)[nH]c(/C=C2\C(=O)NC3=CC=C(C)CC32)c1C. The van der Waals surface area contributed by atoms with E-state index in [-0.39, 0.29) is 17.7 Å². The van der Waals surface area contributed by atoms with E-state index in [1.165, 1.54) is 18.4 Å². The van der Waals surface area contributed by atoms with Gasteiger partial charge in [0.2, 0.25) is 0 Å². The molecule has 30 heavy (non-hydrogen) atoms. The first-order valence-electron chi connectivity index (χ1n) is 11.0. The van der Waals surface area contributed by atoms with Gasteiger partial charge in [0.1, 0.15) is 0 Å². The van der Waals surface area contributed by atoms with E-state index in [0.29, 0.717) is 12.1 Å². The predicted molar refractivity (Wildman–Crippen MR) is 121 cm³/mol. The zero-order chi connectivity index (χ0) is 21.7. The van der Waals surface area contributed by atoms with Crippen molar-refractivity contribution in [1.29, 1.82) is 0 Å². The van der Waals surface area contributed by atoms with Crippen LogP contribution in [0.2, 0.25) is 0 Å².